The first-order chi connectivity index (χ1) is 12.5. The lowest BCUT2D eigenvalue weighted by Gasteiger charge is -2.19. The van der Waals surface area contributed by atoms with Crippen LogP contribution in [0.3, 0.4) is 0 Å². The molecule has 1 unspecified atom stereocenters. The van der Waals surface area contributed by atoms with Crippen LogP contribution < -0.4 is 10.6 Å². The third-order valence-corrected chi connectivity index (χ3v) is 3.19. The lowest BCUT2D eigenvalue weighted by Crippen LogP contribution is -2.45. The molecule has 4 N–H and O–H groups in total. The van der Waals surface area contributed by atoms with Gasteiger partial charge in [0.05, 0.1) is 18.5 Å². The number of hydrogen-bond donors (Lipinski definition) is 4. The van der Waals surface area contributed by atoms with Crippen molar-refractivity contribution >= 4 is 23.8 Å². The Morgan fingerprint density at radius 2 is 1.81 bits per heavy atom. The zero-order chi connectivity index (χ0) is 20.6. The smallest absolute Gasteiger partial charge is 0.338 e. The van der Waals surface area contributed by atoms with Gasteiger partial charge in [-0.3, -0.25) is 9.59 Å². The number of benzene rings is 1. The van der Waals surface area contributed by atoms with Gasteiger partial charge in [-0.25, -0.2) is 9.59 Å². The number of hydrogen-bond acceptors (Lipinski definition) is 6. The van der Waals surface area contributed by atoms with Crippen LogP contribution in [-0.2, 0) is 25.7 Å². The van der Waals surface area contributed by atoms with E-state index in [9.17, 15) is 19.2 Å². The van der Waals surface area contributed by atoms with Gasteiger partial charge in [0.25, 0.3) is 0 Å². The molecule has 0 bridgehead atoms. The Kier molecular flexibility index (Phi) is 7.92. The Hall–Kier alpha value is -2.94. The third-order valence-electron chi connectivity index (χ3n) is 3.19. The van der Waals surface area contributed by atoms with E-state index in [2.05, 4.69) is 10.6 Å². The maximum Gasteiger partial charge on any atom is 0.338 e. The summed E-state index contributed by atoms with van der Waals surface area (Å²) in [4.78, 5) is 45.3. The van der Waals surface area contributed by atoms with Crippen LogP contribution in [-0.4, -0.2) is 52.2 Å². The predicted molar refractivity (Wildman–Crippen MR) is 95.1 cm³/mol. The molecular formula is C18H24N2O7. The minimum absolute atomic E-state index is 0.208. The average Bonchev–Trinajstić information content (AvgIpc) is 2.52. The molecule has 0 heterocycles. The summed E-state index contributed by atoms with van der Waals surface area (Å²) >= 11 is 0. The molecule has 9 nitrogen and oxygen atoms in total. The minimum atomic E-state index is -1.49. The molecular weight excluding hydrogens is 356 g/mol. The molecule has 0 saturated heterocycles. The minimum Gasteiger partial charge on any atom is -0.481 e. The fourth-order valence-corrected chi connectivity index (χ4v) is 2.09. The molecule has 0 fully saturated rings. The van der Waals surface area contributed by atoms with Gasteiger partial charge < -0.3 is 25.6 Å². The van der Waals surface area contributed by atoms with Crippen LogP contribution in [0.15, 0.2) is 24.3 Å². The monoisotopic (exact) mass is 380 g/mol. The largest absolute Gasteiger partial charge is 0.481 e. The van der Waals surface area contributed by atoms with Crippen LogP contribution >= 0.6 is 0 Å². The van der Waals surface area contributed by atoms with Crippen molar-refractivity contribution in [3.8, 4) is 0 Å². The molecule has 0 aliphatic rings. The predicted octanol–water partition coefficient (Wildman–Crippen LogP) is 0.776. The quantitative estimate of drug-likeness (QED) is 0.460. The van der Waals surface area contributed by atoms with Crippen molar-refractivity contribution < 1.29 is 34.1 Å². The highest BCUT2D eigenvalue weighted by Crippen LogP contribution is 2.13. The Balaban J connectivity index is 2.55. The van der Waals surface area contributed by atoms with Crippen molar-refractivity contribution in [2.75, 3.05) is 6.54 Å². The Labute approximate surface area is 156 Å². The molecule has 0 aromatic heterocycles. The molecule has 0 aliphatic carbocycles. The highest BCUT2D eigenvalue weighted by Gasteiger charge is 2.22. The lowest BCUT2D eigenvalue weighted by molar-refractivity contribution is -0.147. The Morgan fingerprint density at radius 3 is 2.37 bits per heavy atom. The van der Waals surface area contributed by atoms with E-state index in [0.29, 0.717) is 5.56 Å². The van der Waals surface area contributed by atoms with Crippen molar-refractivity contribution in [3.63, 3.8) is 0 Å². The normalized spacial score (nSPS) is 12.1. The van der Waals surface area contributed by atoms with Crippen molar-refractivity contribution in [2.24, 2.45) is 0 Å². The molecule has 0 spiro atoms. The van der Waals surface area contributed by atoms with E-state index in [1.807, 2.05) is 0 Å². The van der Waals surface area contributed by atoms with Crippen molar-refractivity contribution in [3.05, 3.63) is 35.4 Å². The topological polar surface area (TPSA) is 142 Å². The zero-order valence-electron chi connectivity index (χ0n) is 15.4. The summed E-state index contributed by atoms with van der Waals surface area (Å²) in [7, 11) is 0. The van der Waals surface area contributed by atoms with Gasteiger partial charge in [0.2, 0.25) is 5.91 Å². The Morgan fingerprint density at radius 1 is 1.15 bits per heavy atom. The van der Waals surface area contributed by atoms with Crippen LogP contribution in [0, 0.1) is 0 Å². The highest BCUT2D eigenvalue weighted by atomic mass is 16.6. The molecule has 148 valence electrons. The summed E-state index contributed by atoms with van der Waals surface area (Å²) in [6, 6.07) is 5.19. The van der Waals surface area contributed by atoms with Gasteiger partial charge in [-0.1, -0.05) is 12.1 Å². The van der Waals surface area contributed by atoms with E-state index < -0.39 is 41.9 Å². The summed E-state index contributed by atoms with van der Waals surface area (Å²) in [6.45, 7) is 5.35. The van der Waals surface area contributed by atoms with Gasteiger partial charge >= 0.3 is 17.9 Å². The molecule has 1 aromatic rings. The fourth-order valence-electron chi connectivity index (χ4n) is 2.09. The van der Waals surface area contributed by atoms with Gasteiger partial charge in [-0.2, -0.15) is 0 Å². The number of amides is 1. The summed E-state index contributed by atoms with van der Waals surface area (Å²) in [5, 5.41) is 22.5. The molecule has 9 heteroatoms. The lowest BCUT2D eigenvalue weighted by atomic mass is 10.1. The number of rotatable bonds is 9. The molecule has 27 heavy (non-hydrogen) atoms. The van der Waals surface area contributed by atoms with E-state index in [1.54, 1.807) is 45.0 Å². The third kappa shape index (κ3) is 8.82. The van der Waals surface area contributed by atoms with Crippen molar-refractivity contribution in [1.82, 2.24) is 10.6 Å². The van der Waals surface area contributed by atoms with Gasteiger partial charge in [-0.15, -0.1) is 0 Å². The first-order valence-corrected chi connectivity index (χ1v) is 8.25. The van der Waals surface area contributed by atoms with Crippen LogP contribution in [0.2, 0.25) is 0 Å². The van der Waals surface area contributed by atoms with E-state index in [1.165, 1.54) is 0 Å². The van der Waals surface area contributed by atoms with Gasteiger partial charge in [0.1, 0.15) is 11.6 Å². The number of esters is 1. The number of carboxylic acid groups (broad SMARTS) is 2. The number of nitrogens with one attached hydrogen (secondary N) is 2. The maximum absolute atomic E-state index is 12.1. The second kappa shape index (κ2) is 9.67. The average molecular weight is 380 g/mol. The summed E-state index contributed by atoms with van der Waals surface area (Å²) in [6.07, 6.45) is -0.709. The highest BCUT2D eigenvalue weighted by molar-refractivity contribution is 5.90. The SMILES string of the molecule is CC(C)(C)OC(=O)c1cccc(CNCC(=O)NC(CC(=O)O)C(=O)O)c1. The summed E-state index contributed by atoms with van der Waals surface area (Å²) < 4.78 is 5.29. The van der Waals surface area contributed by atoms with Crippen LogP contribution in [0.5, 0.6) is 0 Å². The first kappa shape index (κ1) is 22.1. The zero-order valence-corrected chi connectivity index (χ0v) is 15.4. The second-order valence-electron chi connectivity index (χ2n) is 6.86. The van der Waals surface area contributed by atoms with E-state index >= 15 is 0 Å². The molecule has 0 radical (unpaired) electrons. The summed E-state index contributed by atoms with van der Waals surface area (Å²) in [5.41, 5.74) is 0.493. The molecule has 0 saturated carbocycles. The standard InChI is InChI=1S/C18H24N2O7/c1-18(2,3)27-17(26)12-6-4-5-11(7-12)9-19-10-14(21)20-13(16(24)25)8-15(22)23/h4-7,13,19H,8-10H2,1-3H3,(H,20,21)(H,22,23)(H,24,25). The molecule has 1 atom stereocenters. The molecule has 0 aliphatic heterocycles. The van der Waals surface area contributed by atoms with Crippen LogP contribution in [0.1, 0.15) is 43.1 Å². The van der Waals surface area contributed by atoms with E-state index in [-0.39, 0.29) is 13.1 Å². The molecule has 1 aromatic carbocycles. The molecule has 1 amide bonds. The van der Waals surface area contributed by atoms with Gasteiger partial charge in [-0.05, 0) is 38.5 Å². The number of carboxylic acids is 2. The fraction of sp³-hybridized carbons (Fsp3) is 0.444. The Bertz CT molecular complexity index is 710. The van der Waals surface area contributed by atoms with Gasteiger partial charge in [0, 0.05) is 6.54 Å². The van der Waals surface area contributed by atoms with Gasteiger partial charge in [0.15, 0.2) is 0 Å². The van der Waals surface area contributed by atoms with Crippen molar-refractivity contribution in [2.45, 2.75) is 45.4 Å². The van der Waals surface area contributed by atoms with Crippen LogP contribution in [0.4, 0.5) is 0 Å². The number of carbonyl (C=O) groups excluding carboxylic acids is 2. The van der Waals surface area contributed by atoms with E-state index in [4.69, 9.17) is 14.9 Å². The maximum atomic E-state index is 12.1. The van der Waals surface area contributed by atoms with Crippen LogP contribution in [0.25, 0.3) is 0 Å². The van der Waals surface area contributed by atoms with Crippen molar-refractivity contribution in [1.29, 1.82) is 0 Å². The molecule has 1 rings (SSSR count). The summed E-state index contributed by atoms with van der Waals surface area (Å²) in [5.74, 6) is -3.85. The van der Waals surface area contributed by atoms with E-state index in [0.717, 1.165) is 5.56 Å². The first-order valence-electron chi connectivity index (χ1n) is 8.25. The number of ether oxygens (including phenoxy) is 1. The number of carbonyl (C=O) groups is 4. The second-order valence-corrected chi connectivity index (χ2v) is 6.86. The number of aliphatic carboxylic acids is 2.